The molecule has 7 heteroatoms. The molecular weight excluding hydrogens is 372 g/mol. The van der Waals surface area contributed by atoms with Crippen LogP contribution in [0.25, 0.3) is 0 Å². The van der Waals surface area contributed by atoms with E-state index in [1.165, 1.54) is 0 Å². The lowest BCUT2D eigenvalue weighted by molar-refractivity contribution is -0.128. The Bertz CT molecular complexity index is 854. The summed E-state index contributed by atoms with van der Waals surface area (Å²) in [6.45, 7) is 9.06. The first-order valence-electron chi connectivity index (χ1n) is 9.62. The number of amides is 3. The van der Waals surface area contributed by atoms with Gasteiger partial charge in [-0.2, -0.15) is 0 Å². The van der Waals surface area contributed by atoms with Gasteiger partial charge in [0.2, 0.25) is 5.91 Å². The average molecular weight is 401 g/mol. The van der Waals surface area contributed by atoms with Crippen LogP contribution in [0.4, 0.5) is 10.5 Å². The van der Waals surface area contributed by atoms with E-state index in [-0.39, 0.29) is 17.9 Å². The van der Waals surface area contributed by atoms with Crippen molar-refractivity contribution in [1.29, 1.82) is 0 Å². The molecule has 3 amide bonds. The van der Waals surface area contributed by atoms with E-state index >= 15 is 0 Å². The van der Waals surface area contributed by atoms with Crippen LogP contribution >= 0.6 is 11.3 Å². The van der Waals surface area contributed by atoms with E-state index in [0.717, 1.165) is 22.0 Å². The lowest BCUT2D eigenvalue weighted by Crippen LogP contribution is -2.48. The summed E-state index contributed by atoms with van der Waals surface area (Å²) in [5.41, 5.74) is 2.38. The molecule has 0 saturated carbocycles. The third kappa shape index (κ3) is 4.90. The molecule has 0 bridgehead atoms. The predicted octanol–water partition coefficient (Wildman–Crippen LogP) is 4.06. The highest BCUT2D eigenvalue weighted by molar-refractivity contribution is 7.09. The first kappa shape index (κ1) is 20.3. The number of thiazole rings is 1. The Morgan fingerprint density at radius 1 is 1.21 bits per heavy atom. The van der Waals surface area contributed by atoms with Gasteiger partial charge in [-0.1, -0.05) is 12.1 Å². The number of rotatable bonds is 4. The smallest absolute Gasteiger partial charge is 0.321 e. The van der Waals surface area contributed by atoms with Crippen LogP contribution in [-0.2, 0) is 10.3 Å². The van der Waals surface area contributed by atoms with Crippen molar-refractivity contribution in [3.63, 3.8) is 0 Å². The van der Waals surface area contributed by atoms with Crippen LogP contribution in [0.2, 0.25) is 0 Å². The molecule has 6 nitrogen and oxygen atoms in total. The Labute approximate surface area is 170 Å². The number of anilines is 1. The summed E-state index contributed by atoms with van der Waals surface area (Å²) in [6.07, 6.45) is 1.33. The summed E-state index contributed by atoms with van der Waals surface area (Å²) in [5, 5.41) is 8.98. The van der Waals surface area contributed by atoms with Gasteiger partial charge < -0.3 is 15.5 Å². The van der Waals surface area contributed by atoms with Gasteiger partial charge in [0.25, 0.3) is 0 Å². The van der Waals surface area contributed by atoms with Crippen LogP contribution in [0.3, 0.4) is 0 Å². The lowest BCUT2D eigenvalue weighted by atomic mass is 9.94. The van der Waals surface area contributed by atoms with Crippen LogP contribution in [0.15, 0.2) is 29.6 Å². The summed E-state index contributed by atoms with van der Waals surface area (Å²) < 4.78 is 0. The highest BCUT2D eigenvalue weighted by atomic mass is 32.1. The van der Waals surface area contributed by atoms with Gasteiger partial charge in [0.1, 0.15) is 5.01 Å². The van der Waals surface area contributed by atoms with E-state index in [1.807, 2.05) is 57.3 Å². The van der Waals surface area contributed by atoms with Crippen molar-refractivity contribution in [2.24, 2.45) is 5.92 Å². The fourth-order valence-electron chi connectivity index (χ4n) is 3.37. The molecule has 0 atom stereocenters. The maximum Gasteiger partial charge on any atom is 0.321 e. The van der Waals surface area contributed by atoms with Crippen LogP contribution in [0.5, 0.6) is 0 Å². The van der Waals surface area contributed by atoms with E-state index in [2.05, 4.69) is 15.6 Å². The molecule has 2 aromatic rings. The van der Waals surface area contributed by atoms with Crippen molar-refractivity contribution in [2.45, 2.75) is 46.1 Å². The number of aryl methyl sites for hydroxylation is 2. The largest absolute Gasteiger partial charge is 0.344 e. The first-order chi connectivity index (χ1) is 13.2. The Morgan fingerprint density at radius 2 is 1.93 bits per heavy atom. The van der Waals surface area contributed by atoms with Gasteiger partial charge in [-0.05, 0) is 58.2 Å². The van der Waals surface area contributed by atoms with Crippen molar-refractivity contribution in [1.82, 2.24) is 15.2 Å². The number of nitrogens with one attached hydrogen (secondary N) is 2. The molecule has 150 valence electrons. The SMILES string of the molecule is Cc1cccc(NC(=O)N2CCC(C(=O)NC(C)(C)c3nc(C)cs3)CC2)c1. The standard InChI is InChI=1S/C21H28N4O2S/c1-14-6-5-7-17(12-14)23-20(27)25-10-8-16(9-11-25)18(26)24-21(3,4)19-22-15(2)13-28-19/h5-7,12-13,16H,8-11H2,1-4H3,(H,23,27)(H,24,26). The maximum atomic E-state index is 12.7. The fourth-order valence-corrected chi connectivity index (χ4v) is 4.25. The van der Waals surface area contributed by atoms with Crippen molar-refractivity contribution in [2.75, 3.05) is 18.4 Å². The van der Waals surface area contributed by atoms with Crippen molar-refractivity contribution in [3.8, 4) is 0 Å². The lowest BCUT2D eigenvalue weighted by Gasteiger charge is -2.33. The van der Waals surface area contributed by atoms with Gasteiger partial charge in [-0.3, -0.25) is 4.79 Å². The minimum atomic E-state index is -0.490. The van der Waals surface area contributed by atoms with Crippen molar-refractivity contribution < 1.29 is 9.59 Å². The fraction of sp³-hybridized carbons (Fsp3) is 0.476. The normalized spacial score (nSPS) is 15.4. The van der Waals surface area contributed by atoms with Gasteiger partial charge in [0.15, 0.2) is 0 Å². The topological polar surface area (TPSA) is 74.3 Å². The maximum absolute atomic E-state index is 12.7. The summed E-state index contributed by atoms with van der Waals surface area (Å²) in [7, 11) is 0. The summed E-state index contributed by atoms with van der Waals surface area (Å²) in [5.74, 6) is -0.0417. The Morgan fingerprint density at radius 3 is 2.54 bits per heavy atom. The van der Waals surface area contributed by atoms with E-state index in [4.69, 9.17) is 0 Å². The molecule has 1 fully saturated rings. The number of urea groups is 1. The second kappa shape index (κ2) is 8.31. The Balaban J connectivity index is 1.51. The number of carbonyl (C=O) groups excluding carboxylic acids is 2. The first-order valence-corrected chi connectivity index (χ1v) is 10.5. The average Bonchev–Trinajstić information content (AvgIpc) is 3.09. The van der Waals surface area contributed by atoms with Crippen LogP contribution in [-0.4, -0.2) is 34.9 Å². The molecule has 1 aromatic carbocycles. The summed E-state index contributed by atoms with van der Waals surface area (Å²) in [6, 6.07) is 7.64. The highest BCUT2D eigenvalue weighted by Crippen LogP contribution is 2.26. The molecule has 0 aliphatic carbocycles. The van der Waals surface area contributed by atoms with E-state index in [1.54, 1.807) is 16.2 Å². The van der Waals surface area contributed by atoms with Gasteiger partial charge >= 0.3 is 6.03 Å². The number of hydrogen-bond donors (Lipinski definition) is 2. The zero-order valence-corrected chi connectivity index (χ0v) is 17.7. The monoisotopic (exact) mass is 400 g/mol. The van der Waals surface area contributed by atoms with Crippen LogP contribution in [0.1, 0.15) is 43.0 Å². The number of carbonyl (C=O) groups is 2. The number of benzene rings is 1. The zero-order valence-electron chi connectivity index (χ0n) is 16.9. The van der Waals surface area contributed by atoms with Crippen molar-refractivity contribution in [3.05, 3.63) is 45.9 Å². The molecule has 1 aromatic heterocycles. The quantitative estimate of drug-likeness (QED) is 0.813. The Hall–Kier alpha value is -2.41. The van der Waals surface area contributed by atoms with E-state index in [9.17, 15) is 9.59 Å². The molecule has 0 spiro atoms. The molecule has 1 aliphatic heterocycles. The number of hydrogen-bond acceptors (Lipinski definition) is 4. The van der Waals surface area contributed by atoms with Crippen molar-refractivity contribution >= 4 is 29.0 Å². The van der Waals surface area contributed by atoms with Gasteiger partial charge in [-0.25, -0.2) is 9.78 Å². The third-order valence-corrected chi connectivity index (χ3v) is 6.30. The number of nitrogens with zero attached hydrogens (tertiary/aromatic N) is 2. The molecule has 1 saturated heterocycles. The molecule has 2 heterocycles. The summed E-state index contributed by atoms with van der Waals surface area (Å²) >= 11 is 1.56. The second-order valence-electron chi connectivity index (χ2n) is 7.97. The summed E-state index contributed by atoms with van der Waals surface area (Å²) in [4.78, 5) is 31.5. The molecule has 28 heavy (non-hydrogen) atoms. The second-order valence-corrected chi connectivity index (χ2v) is 8.83. The zero-order chi connectivity index (χ0) is 20.3. The molecule has 2 N–H and O–H groups in total. The molecule has 0 radical (unpaired) electrons. The van der Waals surface area contributed by atoms with E-state index in [0.29, 0.717) is 25.9 Å². The predicted molar refractivity (Wildman–Crippen MR) is 113 cm³/mol. The minimum absolute atomic E-state index is 0.0385. The number of aromatic nitrogens is 1. The minimum Gasteiger partial charge on any atom is -0.344 e. The van der Waals surface area contributed by atoms with Gasteiger partial charge in [0.05, 0.1) is 5.54 Å². The molecule has 3 rings (SSSR count). The van der Waals surface area contributed by atoms with Crippen LogP contribution < -0.4 is 10.6 Å². The highest BCUT2D eigenvalue weighted by Gasteiger charge is 2.32. The van der Waals surface area contributed by atoms with Gasteiger partial charge in [0, 0.05) is 35.8 Å². The molecule has 1 aliphatic rings. The number of piperidine rings is 1. The van der Waals surface area contributed by atoms with Gasteiger partial charge in [-0.15, -0.1) is 11.3 Å². The third-order valence-electron chi connectivity index (χ3n) is 5.01. The molecule has 0 unspecified atom stereocenters. The van der Waals surface area contributed by atoms with E-state index < -0.39 is 5.54 Å². The number of likely N-dealkylation sites (tertiary alicyclic amines) is 1. The van der Waals surface area contributed by atoms with Crippen LogP contribution in [0, 0.1) is 19.8 Å². The molecular formula is C21H28N4O2S. The Kier molecular flexibility index (Phi) is 6.03.